The second kappa shape index (κ2) is 3.66. The van der Waals surface area contributed by atoms with Gasteiger partial charge in [0.1, 0.15) is 5.75 Å². The maximum atomic E-state index is 12.1. The largest absolute Gasteiger partial charge is 0.433 e. The van der Waals surface area contributed by atoms with E-state index >= 15 is 0 Å². The van der Waals surface area contributed by atoms with Crippen molar-refractivity contribution in [3.8, 4) is 5.75 Å². The average molecular weight is 225 g/mol. The molecule has 0 saturated heterocycles. The van der Waals surface area contributed by atoms with Crippen molar-refractivity contribution in [2.45, 2.75) is 25.3 Å². The standard InChI is InChI=1S/C11H16NO2P/c1-11(8-9-11)12-15(2,13)14-10-6-4-3-5-7-10/h3-7H,8-9H2,1-2H3,(H,12,13). The van der Waals surface area contributed by atoms with Gasteiger partial charge in [-0.05, 0) is 31.9 Å². The third-order valence-corrected chi connectivity index (χ3v) is 4.00. The van der Waals surface area contributed by atoms with E-state index in [2.05, 4.69) is 12.0 Å². The van der Waals surface area contributed by atoms with E-state index in [0.717, 1.165) is 12.8 Å². The molecule has 3 nitrogen and oxygen atoms in total. The van der Waals surface area contributed by atoms with Gasteiger partial charge in [-0.2, -0.15) is 0 Å². The molecule has 1 atom stereocenters. The van der Waals surface area contributed by atoms with Crippen LogP contribution < -0.4 is 9.61 Å². The molecule has 1 saturated carbocycles. The zero-order valence-corrected chi connectivity index (χ0v) is 9.96. The fourth-order valence-corrected chi connectivity index (χ4v) is 3.27. The van der Waals surface area contributed by atoms with Crippen LogP contribution in [-0.4, -0.2) is 12.2 Å². The number of nitrogens with one attached hydrogen (secondary N) is 1. The Labute approximate surface area is 90.3 Å². The Morgan fingerprint density at radius 1 is 1.33 bits per heavy atom. The van der Waals surface area contributed by atoms with Crippen molar-refractivity contribution in [3.05, 3.63) is 30.3 Å². The molecule has 1 aromatic carbocycles. The van der Waals surface area contributed by atoms with Crippen molar-refractivity contribution in [1.29, 1.82) is 0 Å². The molecular formula is C11H16NO2P. The molecule has 1 unspecified atom stereocenters. The van der Waals surface area contributed by atoms with Gasteiger partial charge >= 0.3 is 7.52 Å². The molecule has 1 aliphatic carbocycles. The number of rotatable bonds is 4. The summed E-state index contributed by atoms with van der Waals surface area (Å²) in [6.45, 7) is 3.70. The second-order valence-corrected chi connectivity index (χ2v) is 6.52. The van der Waals surface area contributed by atoms with Gasteiger partial charge in [0.15, 0.2) is 0 Å². The summed E-state index contributed by atoms with van der Waals surface area (Å²) in [5, 5.41) is 3.09. The molecule has 0 amide bonds. The zero-order chi connectivity index (χ0) is 10.9. The van der Waals surface area contributed by atoms with Crippen molar-refractivity contribution >= 4 is 7.52 Å². The molecule has 4 heteroatoms. The molecule has 0 radical (unpaired) electrons. The lowest BCUT2D eigenvalue weighted by atomic mass is 10.3. The molecule has 1 aromatic rings. The van der Waals surface area contributed by atoms with Crippen LogP contribution in [0.4, 0.5) is 0 Å². The van der Waals surface area contributed by atoms with E-state index in [0.29, 0.717) is 5.75 Å². The lowest BCUT2D eigenvalue weighted by molar-refractivity contribution is 0.459. The fourth-order valence-electron chi connectivity index (χ4n) is 1.49. The van der Waals surface area contributed by atoms with E-state index in [4.69, 9.17) is 4.52 Å². The van der Waals surface area contributed by atoms with Crippen molar-refractivity contribution in [2.24, 2.45) is 0 Å². The van der Waals surface area contributed by atoms with Gasteiger partial charge < -0.3 is 4.52 Å². The average Bonchev–Trinajstić information content (AvgIpc) is 2.82. The Hall–Kier alpha value is -0.790. The van der Waals surface area contributed by atoms with Crippen molar-refractivity contribution in [2.75, 3.05) is 6.66 Å². The summed E-state index contributed by atoms with van der Waals surface area (Å²) in [5.74, 6) is 0.653. The fraction of sp³-hybridized carbons (Fsp3) is 0.455. The quantitative estimate of drug-likeness (QED) is 0.800. The summed E-state index contributed by atoms with van der Waals surface area (Å²) in [7, 11) is -2.72. The van der Waals surface area contributed by atoms with E-state index in [1.54, 1.807) is 6.66 Å². The van der Waals surface area contributed by atoms with Gasteiger partial charge in [-0.15, -0.1) is 0 Å². The van der Waals surface area contributed by atoms with Crippen molar-refractivity contribution in [3.63, 3.8) is 0 Å². The second-order valence-electron chi connectivity index (χ2n) is 4.42. The lowest BCUT2D eigenvalue weighted by Crippen LogP contribution is -2.26. The zero-order valence-electron chi connectivity index (χ0n) is 9.06. The van der Waals surface area contributed by atoms with E-state index in [1.807, 2.05) is 30.3 Å². The minimum atomic E-state index is -2.72. The van der Waals surface area contributed by atoms with E-state index in [1.165, 1.54) is 0 Å². The van der Waals surface area contributed by atoms with E-state index in [-0.39, 0.29) is 5.54 Å². The van der Waals surface area contributed by atoms with Gasteiger partial charge in [-0.25, -0.2) is 5.09 Å². The summed E-state index contributed by atoms with van der Waals surface area (Å²) in [5.41, 5.74) is 0.0268. The minimum Gasteiger partial charge on any atom is -0.433 e. The number of para-hydroxylation sites is 1. The predicted octanol–water partition coefficient (Wildman–Crippen LogP) is 3.03. The topological polar surface area (TPSA) is 38.3 Å². The van der Waals surface area contributed by atoms with Crippen LogP contribution in [0.15, 0.2) is 30.3 Å². The van der Waals surface area contributed by atoms with Crippen molar-refractivity contribution < 1.29 is 9.09 Å². The summed E-state index contributed by atoms with van der Waals surface area (Å²) in [6, 6.07) is 9.27. The molecule has 15 heavy (non-hydrogen) atoms. The highest BCUT2D eigenvalue weighted by Gasteiger charge is 2.42. The van der Waals surface area contributed by atoms with Gasteiger partial charge in [0.05, 0.1) is 0 Å². The minimum absolute atomic E-state index is 0.0268. The Kier molecular flexibility index (Phi) is 2.61. The van der Waals surface area contributed by atoms with E-state index < -0.39 is 7.52 Å². The Balaban J connectivity index is 2.01. The highest BCUT2D eigenvalue weighted by molar-refractivity contribution is 7.56. The van der Waals surface area contributed by atoms with Crippen LogP contribution in [0.5, 0.6) is 5.75 Å². The molecule has 0 aliphatic heterocycles. The molecule has 0 spiro atoms. The first-order valence-electron chi connectivity index (χ1n) is 5.11. The summed E-state index contributed by atoms with van der Waals surface area (Å²) in [4.78, 5) is 0. The predicted molar refractivity (Wildman–Crippen MR) is 61.4 cm³/mol. The van der Waals surface area contributed by atoms with Gasteiger partial charge in [-0.3, -0.25) is 4.57 Å². The molecule has 1 aliphatic rings. The first-order chi connectivity index (χ1) is 6.99. The first-order valence-corrected chi connectivity index (χ1v) is 7.18. The number of hydrogen-bond acceptors (Lipinski definition) is 2. The maximum Gasteiger partial charge on any atom is 0.314 e. The lowest BCUT2D eigenvalue weighted by Gasteiger charge is -2.20. The normalized spacial score (nSPS) is 21.7. The first kappa shape index (κ1) is 10.7. The van der Waals surface area contributed by atoms with Gasteiger partial charge in [0.25, 0.3) is 0 Å². The Morgan fingerprint density at radius 2 is 1.93 bits per heavy atom. The van der Waals surface area contributed by atoms with Crippen molar-refractivity contribution in [1.82, 2.24) is 5.09 Å². The van der Waals surface area contributed by atoms with Crippen LogP contribution in [0.25, 0.3) is 0 Å². The summed E-state index contributed by atoms with van der Waals surface area (Å²) in [6.07, 6.45) is 2.14. The molecule has 0 aromatic heterocycles. The van der Waals surface area contributed by atoms with E-state index in [9.17, 15) is 4.57 Å². The Morgan fingerprint density at radius 3 is 2.47 bits per heavy atom. The molecule has 82 valence electrons. The monoisotopic (exact) mass is 225 g/mol. The molecule has 1 fully saturated rings. The highest BCUT2D eigenvalue weighted by atomic mass is 31.2. The summed E-state index contributed by atoms with van der Waals surface area (Å²) >= 11 is 0. The van der Waals surface area contributed by atoms with Gasteiger partial charge in [0, 0.05) is 12.2 Å². The third kappa shape index (κ3) is 3.08. The SMILES string of the molecule is CC1(NP(C)(=O)Oc2ccccc2)CC1. The van der Waals surface area contributed by atoms with Crippen LogP contribution in [-0.2, 0) is 4.57 Å². The van der Waals surface area contributed by atoms with Crippen LogP contribution in [0, 0.1) is 0 Å². The van der Waals surface area contributed by atoms with Crippen LogP contribution in [0.1, 0.15) is 19.8 Å². The Bertz CT molecular complexity index is 387. The molecule has 2 rings (SSSR count). The molecule has 0 bridgehead atoms. The molecule has 0 heterocycles. The number of benzene rings is 1. The third-order valence-electron chi connectivity index (χ3n) is 2.50. The van der Waals surface area contributed by atoms with Crippen LogP contribution in [0.3, 0.4) is 0 Å². The summed E-state index contributed by atoms with van der Waals surface area (Å²) < 4.78 is 17.6. The molecular weight excluding hydrogens is 209 g/mol. The number of hydrogen-bond donors (Lipinski definition) is 1. The maximum absolute atomic E-state index is 12.1. The van der Waals surface area contributed by atoms with Gasteiger partial charge in [-0.1, -0.05) is 18.2 Å². The molecule has 1 N–H and O–H groups in total. The van der Waals surface area contributed by atoms with Crippen LogP contribution in [0.2, 0.25) is 0 Å². The van der Waals surface area contributed by atoms with Crippen LogP contribution >= 0.6 is 7.52 Å². The highest BCUT2D eigenvalue weighted by Crippen LogP contribution is 2.47. The van der Waals surface area contributed by atoms with Gasteiger partial charge in [0.2, 0.25) is 0 Å². The smallest absolute Gasteiger partial charge is 0.314 e.